The minimum absolute atomic E-state index is 0.325. The van der Waals surface area contributed by atoms with Crippen molar-refractivity contribution in [2.75, 3.05) is 7.11 Å². The highest BCUT2D eigenvalue weighted by Gasteiger charge is 2.33. The van der Waals surface area contributed by atoms with Crippen LogP contribution in [-0.4, -0.2) is 32.7 Å². The highest BCUT2D eigenvalue weighted by Crippen LogP contribution is 2.21. The van der Waals surface area contributed by atoms with Gasteiger partial charge in [-0.15, -0.1) is 11.3 Å². The van der Waals surface area contributed by atoms with E-state index in [1.165, 1.54) is 32.3 Å². The monoisotopic (exact) mass is 333 g/mol. The van der Waals surface area contributed by atoms with E-state index in [2.05, 4.69) is 4.74 Å². The molecule has 0 saturated heterocycles. The van der Waals surface area contributed by atoms with Gasteiger partial charge < -0.3 is 4.74 Å². The van der Waals surface area contributed by atoms with E-state index >= 15 is 0 Å². The van der Waals surface area contributed by atoms with E-state index in [0.717, 1.165) is 10.4 Å². The van der Waals surface area contributed by atoms with Crippen LogP contribution in [0.15, 0.2) is 6.07 Å². The number of hydrogen-bond acceptors (Lipinski definition) is 6. The molecule has 1 amide bonds. The van der Waals surface area contributed by atoms with Crippen LogP contribution in [0.5, 0.6) is 0 Å². The van der Waals surface area contributed by atoms with Crippen LogP contribution in [0.25, 0.3) is 0 Å². The van der Waals surface area contributed by atoms with Crippen LogP contribution in [0.2, 0.25) is 0 Å². The highest BCUT2D eigenvalue weighted by atomic mass is 32.2. The van der Waals surface area contributed by atoms with Crippen LogP contribution in [0.4, 0.5) is 0 Å². The van der Waals surface area contributed by atoms with Gasteiger partial charge in [-0.1, -0.05) is 6.92 Å². The molecule has 21 heavy (non-hydrogen) atoms. The molecule has 1 heterocycles. The maximum absolute atomic E-state index is 12.1. The molecule has 118 valence electrons. The van der Waals surface area contributed by atoms with Gasteiger partial charge >= 0.3 is 5.97 Å². The van der Waals surface area contributed by atoms with Crippen LogP contribution in [0.3, 0.4) is 0 Å². The second-order valence-corrected chi connectivity index (χ2v) is 8.14. The second-order valence-electron chi connectivity index (χ2n) is 4.84. The van der Waals surface area contributed by atoms with Gasteiger partial charge in [0.2, 0.25) is 10.0 Å². The second kappa shape index (κ2) is 6.57. The number of methoxy groups -OCH3 is 1. The molecule has 0 bridgehead atoms. The minimum Gasteiger partial charge on any atom is -0.469 e. The number of ether oxygens (including phenoxy) is 1. The fourth-order valence-corrected chi connectivity index (χ4v) is 3.80. The first-order valence-corrected chi connectivity index (χ1v) is 8.67. The molecule has 6 nitrogen and oxygen atoms in total. The Hall–Kier alpha value is -1.41. The maximum Gasteiger partial charge on any atom is 0.309 e. The van der Waals surface area contributed by atoms with Crippen molar-refractivity contribution in [1.29, 1.82) is 0 Å². The summed E-state index contributed by atoms with van der Waals surface area (Å²) in [4.78, 5) is 24.7. The summed E-state index contributed by atoms with van der Waals surface area (Å²) in [6.07, 6.45) is 0. The molecular formula is C13H19NO5S2. The van der Waals surface area contributed by atoms with E-state index in [1.807, 2.05) is 18.6 Å². The van der Waals surface area contributed by atoms with Crippen LogP contribution < -0.4 is 4.72 Å². The van der Waals surface area contributed by atoms with Crippen LogP contribution in [-0.2, 0) is 19.6 Å². The third kappa shape index (κ3) is 4.04. The maximum atomic E-state index is 12.1. The lowest BCUT2D eigenvalue weighted by Gasteiger charge is -2.18. The lowest BCUT2D eigenvalue weighted by Crippen LogP contribution is -2.41. The van der Waals surface area contributed by atoms with E-state index in [1.54, 1.807) is 6.07 Å². The van der Waals surface area contributed by atoms with E-state index < -0.39 is 33.1 Å². The topological polar surface area (TPSA) is 89.5 Å². The van der Waals surface area contributed by atoms with Crippen LogP contribution in [0.1, 0.15) is 34.0 Å². The number of amides is 1. The number of rotatable bonds is 5. The molecule has 1 N–H and O–H groups in total. The SMILES string of the molecule is COC(=O)[C@H](C)[C@H](C)S(=O)(=O)NC(=O)c1cc(C)c(C)s1. The molecule has 8 heteroatoms. The van der Waals surface area contributed by atoms with Gasteiger partial charge in [-0.3, -0.25) is 9.59 Å². The summed E-state index contributed by atoms with van der Waals surface area (Å²) in [5.74, 6) is -2.18. The fourth-order valence-electron chi connectivity index (χ4n) is 1.60. The van der Waals surface area contributed by atoms with Crippen molar-refractivity contribution < 1.29 is 22.7 Å². The van der Waals surface area contributed by atoms with Crippen LogP contribution in [0, 0.1) is 19.8 Å². The average molecular weight is 333 g/mol. The Kier molecular flexibility index (Phi) is 5.52. The Morgan fingerprint density at radius 1 is 1.29 bits per heavy atom. The predicted octanol–water partition coefficient (Wildman–Crippen LogP) is 1.62. The number of carbonyl (C=O) groups is 2. The summed E-state index contributed by atoms with van der Waals surface area (Å²) in [6, 6.07) is 1.64. The first-order valence-electron chi connectivity index (χ1n) is 6.31. The van der Waals surface area contributed by atoms with Gasteiger partial charge in [0, 0.05) is 4.88 Å². The molecule has 0 radical (unpaired) electrons. The third-order valence-electron chi connectivity index (χ3n) is 3.39. The average Bonchev–Trinajstić information content (AvgIpc) is 2.75. The van der Waals surface area contributed by atoms with Crippen molar-refractivity contribution in [2.24, 2.45) is 5.92 Å². The standard InChI is InChI=1S/C13H19NO5S2/c1-7-6-11(20-9(7)3)12(15)14-21(17,18)10(4)8(2)13(16)19-5/h6,8,10H,1-5H3,(H,14,15)/t8-,10+/m1/s1. The van der Waals surface area contributed by atoms with Gasteiger partial charge in [-0.2, -0.15) is 0 Å². The van der Waals surface area contributed by atoms with Crippen molar-refractivity contribution in [3.63, 3.8) is 0 Å². The minimum atomic E-state index is -3.96. The summed E-state index contributed by atoms with van der Waals surface area (Å²) in [5, 5.41) is -1.07. The van der Waals surface area contributed by atoms with Gasteiger partial charge in [0.05, 0.1) is 23.2 Å². The van der Waals surface area contributed by atoms with Gasteiger partial charge in [0.15, 0.2) is 0 Å². The molecule has 1 aromatic heterocycles. The van der Waals surface area contributed by atoms with Gasteiger partial charge in [-0.05, 0) is 32.4 Å². The molecule has 0 aromatic carbocycles. The summed E-state index contributed by atoms with van der Waals surface area (Å²) in [5.41, 5.74) is 0.929. The first-order chi connectivity index (χ1) is 9.60. The van der Waals surface area contributed by atoms with E-state index in [4.69, 9.17) is 0 Å². The number of hydrogen-bond donors (Lipinski definition) is 1. The zero-order valence-electron chi connectivity index (χ0n) is 12.6. The summed E-state index contributed by atoms with van der Waals surface area (Å²) < 4.78 is 30.8. The quantitative estimate of drug-likeness (QED) is 0.827. The predicted molar refractivity (Wildman–Crippen MR) is 80.8 cm³/mol. The van der Waals surface area contributed by atoms with Gasteiger partial charge in [0.1, 0.15) is 0 Å². The number of sulfonamides is 1. The van der Waals surface area contributed by atoms with Gasteiger partial charge in [-0.25, -0.2) is 13.1 Å². The van der Waals surface area contributed by atoms with Crippen molar-refractivity contribution in [1.82, 2.24) is 4.72 Å². The number of carbonyl (C=O) groups excluding carboxylic acids is 2. The van der Waals surface area contributed by atoms with Crippen molar-refractivity contribution >= 4 is 33.2 Å². The molecule has 0 fully saturated rings. The van der Waals surface area contributed by atoms with Crippen molar-refractivity contribution in [3.8, 4) is 0 Å². The molecule has 0 aliphatic carbocycles. The largest absolute Gasteiger partial charge is 0.469 e. The smallest absolute Gasteiger partial charge is 0.309 e. The molecule has 0 aliphatic rings. The Morgan fingerprint density at radius 2 is 1.86 bits per heavy atom. The summed E-state index contributed by atoms with van der Waals surface area (Å²) in [6.45, 7) is 6.51. The lowest BCUT2D eigenvalue weighted by atomic mass is 10.1. The molecular weight excluding hydrogens is 314 g/mol. The highest BCUT2D eigenvalue weighted by molar-refractivity contribution is 7.90. The number of esters is 1. The Balaban J connectivity index is 2.89. The molecule has 0 aliphatic heterocycles. The number of aryl methyl sites for hydroxylation is 2. The van der Waals surface area contributed by atoms with E-state index in [-0.39, 0.29) is 0 Å². The number of nitrogens with one attached hydrogen (secondary N) is 1. The first kappa shape index (κ1) is 17.6. The van der Waals surface area contributed by atoms with Crippen molar-refractivity contribution in [2.45, 2.75) is 32.9 Å². The van der Waals surface area contributed by atoms with Crippen molar-refractivity contribution in [3.05, 3.63) is 21.4 Å². The van der Waals surface area contributed by atoms with E-state index in [0.29, 0.717) is 4.88 Å². The summed E-state index contributed by atoms with van der Waals surface area (Å²) >= 11 is 1.23. The Morgan fingerprint density at radius 3 is 2.29 bits per heavy atom. The third-order valence-corrected chi connectivity index (χ3v) is 6.40. The molecule has 1 aromatic rings. The molecule has 2 atom stereocenters. The Labute approximate surface area is 128 Å². The Bertz CT molecular complexity index is 628. The zero-order valence-corrected chi connectivity index (χ0v) is 14.2. The molecule has 0 saturated carbocycles. The molecule has 1 rings (SSSR count). The molecule has 0 unspecified atom stereocenters. The zero-order chi connectivity index (χ0) is 16.4. The van der Waals surface area contributed by atoms with E-state index in [9.17, 15) is 18.0 Å². The number of thiophene rings is 1. The lowest BCUT2D eigenvalue weighted by molar-refractivity contribution is -0.144. The summed E-state index contributed by atoms with van der Waals surface area (Å²) in [7, 11) is -2.77. The van der Waals surface area contributed by atoms with Gasteiger partial charge in [0.25, 0.3) is 5.91 Å². The fraction of sp³-hybridized carbons (Fsp3) is 0.538. The normalized spacial score (nSPS) is 14.3. The van der Waals surface area contributed by atoms with Crippen LogP contribution >= 0.6 is 11.3 Å². The molecule has 0 spiro atoms.